The van der Waals surface area contributed by atoms with E-state index in [-0.39, 0.29) is 19.2 Å². The molecule has 0 saturated heterocycles. The van der Waals surface area contributed by atoms with Crippen molar-refractivity contribution >= 4 is 11.8 Å². The lowest BCUT2D eigenvalue weighted by Gasteiger charge is -2.08. The topological polar surface area (TPSA) is 61.8 Å². The molecule has 0 heterocycles. The summed E-state index contributed by atoms with van der Waals surface area (Å²) < 4.78 is 14.7. The standard InChI is InChI=1S/C15H18O5/c1-12(20-11-18-2)14(16)8-9-15(17)19-10-13-6-4-3-5-7-13/h3-9,12H,10-11H2,1-2H3/b9-8+/t12-/m1/s1. The number of hydrogen-bond donors (Lipinski definition) is 0. The summed E-state index contributed by atoms with van der Waals surface area (Å²) in [6, 6.07) is 9.30. The van der Waals surface area contributed by atoms with E-state index in [0.717, 1.165) is 17.7 Å². The Bertz CT molecular complexity index is 453. The van der Waals surface area contributed by atoms with E-state index in [1.165, 1.54) is 7.11 Å². The molecule has 0 N–H and O–H groups in total. The summed E-state index contributed by atoms with van der Waals surface area (Å²) in [5.41, 5.74) is 0.886. The van der Waals surface area contributed by atoms with Gasteiger partial charge in [0.25, 0.3) is 0 Å². The maximum atomic E-state index is 11.6. The Labute approximate surface area is 118 Å². The van der Waals surface area contributed by atoms with Gasteiger partial charge in [0.05, 0.1) is 0 Å². The summed E-state index contributed by atoms with van der Waals surface area (Å²) >= 11 is 0. The van der Waals surface area contributed by atoms with Crippen molar-refractivity contribution in [3.8, 4) is 0 Å². The highest BCUT2D eigenvalue weighted by Crippen LogP contribution is 2.01. The van der Waals surface area contributed by atoms with E-state index < -0.39 is 12.1 Å². The Balaban J connectivity index is 2.34. The summed E-state index contributed by atoms with van der Waals surface area (Å²) in [5, 5.41) is 0. The summed E-state index contributed by atoms with van der Waals surface area (Å²) in [4.78, 5) is 23.0. The molecule has 1 aromatic rings. The van der Waals surface area contributed by atoms with Crippen molar-refractivity contribution in [2.75, 3.05) is 13.9 Å². The molecule has 0 aliphatic rings. The van der Waals surface area contributed by atoms with Gasteiger partial charge >= 0.3 is 5.97 Å². The van der Waals surface area contributed by atoms with Crippen molar-refractivity contribution in [1.29, 1.82) is 0 Å². The van der Waals surface area contributed by atoms with E-state index in [1.54, 1.807) is 6.92 Å². The lowest BCUT2D eigenvalue weighted by atomic mass is 10.2. The molecule has 0 radical (unpaired) electrons. The lowest BCUT2D eigenvalue weighted by Crippen LogP contribution is -2.20. The number of methoxy groups -OCH3 is 1. The number of benzene rings is 1. The number of carbonyl (C=O) groups excluding carboxylic acids is 2. The van der Waals surface area contributed by atoms with Gasteiger partial charge in [0.1, 0.15) is 19.5 Å². The second-order valence-electron chi connectivity index (χ2n) is 4.04. The highest BCUT2D eigenvalue weighted by Gasteiger charge is 2.10. The van der Waals surface area contributed by atoms with Crippen molar-refractivity contribution in [1.82, 2.24) is 0 Å². The van der Waals surface area contributed by atoms with Gasteiger partial charge < -0.3 is 14.2 Å². The Kier molecular flexibility index (Phi) is 7.24. The second-order valence-corrected chi connectivity index (χ2v) is 4.04. The highest BCUT2D eigenvalue weighted by molar-refractivity contribution is 5.98. The molecule has 1 aromatic carbocycles. The van der Waals surface area contributed by atoms with E-state index in [1.807, 2.05) is 30.3 Å². The first-order valence-electron chi connectivity index (χ1n) is 6.16. The van der Waals surface area contributed by atoms with Gasteiger partial charge in [-0.05, 0) is 18.6 Å². The van der Waals surface area contributed by atoms with E-state index in [0.29, 0.717) is 0 Å². The van der Waals surface area contributed by atoms with E-state index in [4.69, 9.17) is 9.47 Å². The first-order chi connectivity index (χ1) is 9.63. The number of ether oxygens (including phenoxy) is 3. The molecule has 1 rings (SSSR count). The van der Waals surface area contributed by atoms with Crippen LogP contribution in [-0.2, 0) is 30.4 Å². The molecule has 0 aromatic heterocycles. The average Bonchev–Trinajstić information content (AvgIpc) is 2.49. The molecule has 0 aliphatic carbocycles. The Morgan fingerprint density at radius 3 is 2.55 bits per heavy atom. The number of hydrogen-bond acceptors (Lipinski definition) is 5. The zero-order chi connectivity index (χ0) is 14.8. The van der Waals surface area contributed by atoms with Crippen LogP contribution in [0.1, 0.15) is 12.5 Å². The molecule has 1 atom stereocenters. The van der Waals surface area contributed by atoms with Crippen molar-refractivity contribution in [3.63, 3.8) is 0 Å². The molecule has 0 unspecified atom stereocenters. The van der Waals surface area contributed by atoms with Crippen molar-refractivity contribution in [2.24, 2.45) is 0 Å². The van der Waals surface area contributed by atoms with Crippen LogP contribution >= 0.6 is 0 Å². The quantitative estimate of drug-likeness (QED) is 0.412. The van der Waals surface area contributed by atoms with Gasteiger partial charge in [0, 0.05) is 13.2 Å². The van der Waals surface area contributed by atoms with E-state index in [2.05, 4.69) is 4.74 Å². The van der Waals surface area contributed by atoms with E-state index in [9.17, 15) is 9.59 Å². The minimum absolute atomic E-state index is 0.0270. The van der Waals surface area contributed by atoms with Gasteiger partial charge in [-0.1, -0.05) is 30.3 Å². The maximum Gasteiger partial charge on any atom is 0.331 e. The second kappa shape index (κ2) is 9.01. The Morgan fingerprint density at radius 1 is 1.20 bits per heavy atom. The first kappa shape index (κ1) is 16.1. The van der Waals surface area contributed by atoms with Gasteiger partial charge in [-0.25, -0.2) is 4.79 Å². The zero-order valence-electron chi connectivity index (χ0n) is 11.6. The van der Waals surface area contributed by atoms with Gasteiger partial charge in [0.15, 0.2) is 5.78 Å². The molecule has 5 heteroatoms. The van der Waals surface area contributed by atoms with Crippen molar-refractivity contribution in [2.45, 2.75) is 19.6 Å². The molecule has 20 heavy (non-hydrogen) atoms. The molecule has 0 bridgehead atoms. The molecule has 108 valence electrons. The van der Waals surface area contributed by atoms with Crippen LogP contribution in [0.4, 0.5) is 0 Å². The summed E-state index contributed by atoms with van der Waals surface area (Å²) in [6.07, 6.45) is 1.58. The SMILES string of the molecule is COCO[C@H](C)C(=O)/C=C/C(=O)OCc1ccccc1. The average molecular weight is 278 g/mol. The molecule has 0 fully saturated rings. The third-order valence-corrected chi connectivity index (χ3v) is 2.44. The fourth-order valence-corrected chi connectivity index (χ4v) is 1.31. The van der Waals surface area contributed by atoms with Crippen LogP contribution in [0.5, 0.6) is 0 Å². The molecular formula is C15H18O5. The van der Waals surface area contributed by atoms with Gasteiger partial charge in [-0.2, -0.15) is 0 Å². The molecule has 0 amide bonds. The minimum Gasteiger partial charge on any atom is -0.458 e. The summed E-state index contributed by atoms with van der Waals surface area (Å²) in [7, 11) is 1.47. The van der Waals surface area contributed by atoms with Crippen LogP contribution in [0.25, 0.3) is 0 Å². The fourth-order valence-electron chi connectivity index (χ4n) is 1.31. The van der Waals surface area contributed by atoms with Crippen LogP contribution in [0.2, 0.25) is 0 Å². The third kappa shape index (κ3) is 6.26. The molecular weight excluding hydrogens is 260 g/mol. The van der Waals surface area contributed by atoms with Crippen molar-refractivity contribution in [3.05, 3.63) is 48.0 Å². The lowest BCUT2D eigenvalue weighted by molar-refractivity contribution is -0.139. The smallest absolute Gasteiger partial charge is 0.331 e. The van der Waals surface area contributed by atoms with Crippen LogP contribution in [-0.4, -0.2) is 31.8 Å². The van der Waals surface area contributed by atoms with Crippen LogP contribution in [0.15, 0.2) is 42.5 Å². The zero-order valence-corrected chi connectivity index (χ0v) is 11.6. The number of carbonyl (C=O) groups is 2. The molecule has 0 saturated carbocycles. The summed E-state index contributed by atoms with van der Waals surface area (Å²) in [5.74, 6) is -0.889. The van der Waals surface area contributed by atoms with Crippen LogP contribution in [0.3, 0.4) is 0 Å². The van der Waals surface area contributed by atoms with Crippen LogP contribution in [0, 0.1) is 0 Å². The molecule has 0 aliphatic heterocycles. The fraction of sp³-hybridized carbons (Fsp3) is 0.333. The van der Waals surface area contributed by atoms with Gasteiger partial charge in [-0.3, -0.25) is 4.79 Å². The predicted molar refractivity (Wildman–Crippen MR) is 72.8 cm³/mol. The van der Waals surface area contributed by atoms with Crippen LogP contribution < -0.4 is 0 Å². The number of esters is 1. The van der Waals surface area contributed by atoms with Crippen molar-refractivity contribution < 1.29 is 23.8 Å². The molecule has 5 nitrogen and oxygen atoms in total. The Hall–Kier alpha value is -1.98. The number of rotatable bonds is 8. The largest absolute Gasteiger partial charge is 0.458 e. The normalized spacial score (nSPS) is 12.3. The molecule has 0 spiro atoms. The summed E-state index contributed by atoms with van der Waals surface area (Å²) in [6.45, 7) is 1.79. The minimum atomic E-state index is -0.659. The van der Waals surface area contributed by atoms with E-state index >= 15 is 0 Å². The van der Waals surface area contributed by atoms with Gasteiger partial charge in [-0.15, -0.1) is 0 Å². The Morgan fingerprint density at radius 2 is 1.90 bits per heavy atom. The monoisotopic (exact) mass is 278 g/mol. The van der Waals surface area contributed by atoms with Gasteiger partial charge in [0.2, 0.25) is 0 Å². The highest BCUT2D eigenvalue weighted by atomic mass is 16.7. The maximum absolute atomic E-state index is 11.6. The number of ketones is 1. The predicted octanol–water partition coefficient (Wildman–Crippen LogP) is 1.86. The first-order valence-corrected chi connectivity index (χ1v) is 6.16. The third-order valence-electron chi connectivity index (χ3n) is 2.44.